The molecule has 6 nitrogen and oxygen atoms in total. The molecule has 0 radical (unpaired) electrons. The van der Waals surface area contributed by atoms with Crippen LogP contribution < -0.4 is 14.8 Å². The number of carbonyl (C=O) groups excluding carboxylic acids is 1. The van der Waals surface area contributed by atoms with E-state index in [9.17, 15) is 17.6 Å². The number of ether oxygens (including phenoxy) is 1. The van der Waals surface area contributed by atoms with Crippen LogP contribution in [0.2, 0.25) is 5.02 Å². The zero-order valence-corrected chi connectivity index (χ0v) is 18.1. The van der Waals surface area contributed by atoms with Crippen LogP contribution in [-0.2, 0) is 16.4 Å². The highest BCUT2D eigenvalue weighted by atomic mass is 35.5. The smallest absolute Gasteiger partial charge is 0.265 e. The van der Waals surface area contributed by atoms with E-state index in [4.69, 9.17) is 16.3 Å². The van der Waals surface area contributed by atoms with E-state index in [0.29, 0.717) is 13.0 Å². The van der Waals surface area contributed by atoms with Crippen LogP contribution in [-0.4, -0.2) is 28.0 Å². The number of hydrogen-bond acceptors (Lipinski definition) is 4. The van der Waals surface area contributed by atoms with Crippen molar-refractivity contribution >= 4 is 33.2 Å². The summed E-state index contributed by atoms with van der Waals surface area (Å²) in [6.07, 6.45) is 0.500. The summed E-state index contributed by atoms with van der Waals surface area (Å²) in [6, 6.07) is 16.5. The van der Waals surface area contributed by atoms with Crippen LogP contribution in [0.1, 0.15) is 15.9 Å². The summed E-state index contributed by atoms with van der Waals surface area (Å²) in [5.41, 5.74) is 1.14. The number of sulfonamides is 1. The molecule has 0 unspecified atom stereocenters. The molecule has 0 aliphatic carbocycles. The molecule has 9 heteroatoms. The van der Waals surface area contributed by atoms with E-state index in [2.05, 4.69) is 10.0 Å². The molecule has 162 valence electrons. The maximum atomic E-state index is 13.0. The molecular weight excluding hydrogens is 443 g/mol. The van der Waals surface area contributed by atoms with Gasteiger partial charge in [0.15, 0.2) is 0 Å². The van der Waals surface area contributed by atoms with Crippen LogP contribution in [0.4, 0.5) is 10.1 Å². The molecule has 0 aromatic heterocycles. The van der Waals surface area contributed by atoms with Gasteiger partial charge in [0.25, 0.3) is 15.9 Å². The second kappa shape index (κ2) is 9.80. The van der Waals surface area contributed by atoms with Crippen LogP contribution in [0.25, 0.3) is 0 Å². The topological polar surface area (TPSA) is 84.5 Å². The minimum Gasteiger partial charge on any atom is -0.495 e. The number of para-hydroxylation sites is 1. The van der Waals surface area contributed by atoms with Crippen LogP contribution in [0.15, 0.2) is 71.6 Å². The number of benzene rings is 3. The second-order valence-corrected chi connectivity index (χ2v) is 8.67. The molecule has 0 saturated carbocycles. The summed E-state index contributed by atoms with van der Waals surface area (Å²) in [4.78, 5) is 12.5. The lowest BCUT2D eigenvalue weighted by molar-refractivity contribution is 0.0955. The van der Waals surface area contributed by atoms with Crippen LogP contribution in [0, 0.1) is 5.82 Å². The Labute approximate surface area is 185 Å². The summed E-state index contributed by atoms with van der Waals surface area (Å²) in [5, 5.41) is 2.98. The molecule has 3 rings (SSSR count). The minimum absolute atomic E-state index is 0.115. The Balaban J connectivity index is 1.76. The van der Waals surface area contributed by atoms with Gasteiger partial charge < -0.3 is 10.1 Å². The maximum Gasteiger partial charge on any atom is 0.265 e. The van der Waals surface area contributed by atoms with Crippen molar-refractivity contribution in [3.63, 3.8) is 0 Å². The zero-order valence-electron chi connectivity index (χ0n) is 16.6. The van der Waals surface area contributed by atoms with Gasteiger partial charge in [-0.1, -0.05) is 35.9 Å². The molecule has 0 heterocycles. The summed E-state index contributed by atoms with van der Waals surface area (Å²) < 4.78 is 46.4. The molecule has 0 bridgehead atoms. The van der Waals surface area contributed by atoms with Gasteiger partial charge in [0.2, 0.25) is 0 Å². The zero-order chi connectivity index (χ0) is 22.4. The molecule has 3 aromatic carbocycles. The molecule has 0 aliphatic heterocycles. The van der Waals surface area contributed by atoms with Crippen molar-refractivity contribution in [2.24, 2.45) is 0 Å². The van der Waals surface area contributed by atoms with E-state index in [1.807, 2.05) is 0 Å². The van der Waals surface area contributed by atoms with Gasteiger partial charge in [0.1, 0.15) is 16.5 Å². The Kier molecular flexibility index (Phi) is 7.14. The molecule has 1 amide bonds. The highest BCUT2D eigenvalue weighted by molar-refractivity contribution is 7.92. The molecule has 31 heavy (non-hydrogen) atoms. The van der Waals surface area contributed by atoms with Gasteiger partial charge in [0, 0.05) is 11.6 Å². The van der Waals surface area contributed by atoms with Gasteiger partial charge in [-0.3, -0.25) is 9.52 Å². The van der Waals surface area contributed by atoms with Crippen LogP contribution >= 0.6 is 11.6 Å². The van der Waals surface area contributed by atoms with Gasteiger partial charge >= 0.3 is 0 Å². The fourth-order valence-corrected chi connectivity index (χ4v) is 4.41. The van der Waals surface area contributed by atoms with Gasteiger partial charge in [-0.25, -0.2) is 12.8 Å². The number of nitrogens with one attached hydrogen (secondary N) is 2. The van der Waals surface area contributed by atoms with Gasteiger partial charge in [0.05, 0.1) is 18.4 Å². The van der Waals surface area contributed by atoms with Crippen molar-refractivity contribution in [2.45, 2.75) is 11.3 Å². The first kappa shape index (κ1) is 22.6. The Morgan fingerprint density at radius 1 is 1.06 bits per heavy atom. The summed E-state index contributed by atoms with van der Waals surface area (Å²) in [6.45, 7) is 0.299. The number of anilines is 1. The summed E-state index contributed by atoms with van der Waals surface area (Å²) in [5.74, 6) is -0.651. The highest BCUT2D eigenvalue weighted by Gasteiger charge is 2.22. The minimum atomic E-state index is -4.08. The number of rotatable bonds is 8. The largest absolute Gasteiger partial charge is 0.495 e. The van der Waals surface area contributed by atoms with E-state index in [0.717, 1.165) is 5.56 Å². The summed E-state index contributed by atoms with van der Waals surface area (Å²) >= 11 is 5.95. The first-order valence-electron chi connectivity index (χ1n) is 9.28. The standard InChI is InChI=1S/C22H20ClFN2O4S/c1-30-20-11-8-16(23)14-21(20)31(28,29)26-19-5-3-2-4-18(19)22(27)25-13-12-15-6-9-17(24)10-7-15/h2-11,14,26H,12-13H2,1H3,(H,25,27). The lowest BCUT2D eigenvalue weighted by Gasteiger charge is -2.15. The Bertz CT molecular complexity index is 1180. The number of methoxy groups -OCH3 is 1. The van der Waals surface area contributed by atoms with Gasteiger partial charge in [-0.05, 0) is 54.4 Å². The number of hydrogen-bond donors (Lipinski definition) is 2. The quantitative estimate of drug-likeness (QED) is 0.524. The van der Waals surface area contributed by atoms with E-state index in [1.165, 1.54) is 49.6 Å². The first-order valence-corrected chi connectivity index (χ1v) is 11.1. The fourth-order valence-electron chi connectivity index (χ4n) is 2.90. The molecule has 0 fully saturated rings. The number of amides is 1. The van der Waals surface area contributed by atoms with Crippen LogP contribution in [0.5, 0.6) is 5.75 Å². The normalized spacial score (nSPS) is 11.1. The molecule has 0 saturated heterocycles. The van der Waals surface area contributed by atoms with Gasteiger partial charge in [-0.2, -0.15) is 0 Å². The van der Waals surface area contributed by atoms with Gasteiger partial charge in [-0.15, -0.1) is 0 Å². The molecule has 3 aromatic rings. The van der Waals surface area contributed by atoms with Crippen molar-refractivity contribution in [1.29, 1.82) is 0 Å². The lowest BCUT2D eigenvalue weighted by Crippen LogP contribution is -2.27. The average molecular weight is 463 g/mol. The van der Waals surface area contributed by atoms with Crippen molar-refractivity contribution in [3.8, 4) is 5.75 Å². The molecule has 2 N–H and O–H groups in total. The SMILES string of the molecule is COc1ccc(Cl)cc1S(=O)(=O)Nc1ccccc1C(=O)NCCc1ccc(F)cc1. The van der Waals surface area contributed by atoms with E-state index in [1.54, 1.807) is 24.3 Å². The van der Waals surface area contributed by atoms with Crippen molar-refractivity contribution in [2.75, 3.05) is 18.4 Å². The first-order chi connectivity index (χ1) is 14.8. The monoisotopic (exact) mass is 462 g/mol. The van der Waals surface area contributed by atoms with Crippen molar-refractivity contribution in [3.05, 3.63) is 88.7 Å². The third kappa shape index (κ3) is 5.74. The maximum absolute atomic E-state index is 13.0. The molecule has 0 spiro atoms. The highest BCUT2D eigenvalue weighted by Crippen LogP contribution is 2.29. The predicted molar refractivity (Wildman–Crippen MR) is 118 cm³/mol. The third-order valence-corrected chi connectivity index (χ3v) is 6.07. The third-order valence-electron chi connectivity index (χ3n) is 4.44. The summed E-state index contributed by atoms with van der Waals surface area (Å²) in [7, 11) is -2.73. The molecule has 0 atom stereocenters. The van der Waals surface area contributed by atoms with Crippen LogP contribution in [0.3, 0.4) is 0 Å². The van der Waals surface area contributed by atoms with E-state index in [-0.39, 0.29) is 32.7 Å². The fraction of sp³-hybridized carbons (Fsp3) is 0.136. The second-order valence-electron chi connectivity index (χ2n) is 6.58. The Hall–Kier alpha value is -3.10. The number of carbonyl (C=O) groups is 1. The molecular formula is C22H20ClFN2O4S. The number of halogens is 2. The molecule has 0 aliphatic rings. The van der Waals surface area contributed by atoms with E-state index < -0.39 is 15.9 Å². The van der Waals surface area contributed by atoms with Crippen molar-refractivity contribution < 1.29 is 22.3 Å². The van der Waals surface area contributed by atoms with E-state index >= 15 is 0 Å². The lowest BCUT2D eigenvalue weighted by atomic mass is 10.1. The Morgan fingerprint density at radius 3 is 2.48 bits per heavy atom. The Morgan fingerprint density at radius 2 is 1.77 bits per heavy atom. The average Bonchev–Trinajstić information content (AvgIpc) is 2.75. The van der Waals surface area contributed by atoms with Crippen molar-refractivity contribution in [1.82, 2.24) is 5.32 Å². The predicted octanol–water partition coefficient (Wildman–Crippen LogP) is 4.26.